The van der Waals surface area contributed by atoms with Crippen LogP contribution in [0.25, 0.3) is 0 Å². The Morgan fingerprint density at radius 3 is 2.27 bits per heavy atom. The van der Waals surface area contributed by atoms with E-state index in [4.69, 9.17) is 22.2 Å². The first-order chi connectivity index (χ1) is 10.5. The Balaban J connectivity index is 2.07. The summed E-state index contributed by atoms with van der Waals surface area (Å²) in [5.74, 6) is 1.10. The van der Waals surface area contributed by atoms with Gasteiger partial charge in [-0.05, 0) is 31.2 Å². The second kappa shape index (κ2) is 6.76. The van der Waals surface area contributed by atoms with Gasteiger partial charge in [0, 0.05) is 10.7 Å². The van der Waals surface area contributed by atoms with Crippen molar-refractivity contribution >= 4 is 35.1 Å². The number of hydrazine groups is 1. The van der Waals surface area contributed by atoms with Gasteiger partial charge in [0.15, 0.2) is 0 Å². The largest absolute Gasteiger partial charge is 0.466 e. The molecule has 0 bridgehead atoms. The van der Waals surface area contributed by atoms with Gasteiger partial charge in [0.05, 0.1) is 24.4 Å². The van der Waals surface area contributed by atoms with E-state index in [2.05, 4.69) is 5.32 Å². The average Bonchev–Trinajstić information content (AvgIpc) is 3.25. The first kappa shape index (κ1) is 16.3. The molecule has 7 nitrogen and oxygen atoms in total. The minimum absolute atomic E-state index is 0.178. The van der Waals surface area contributed by atoms with Crippen LogP contribution in [0.5, 0.6) is 0 Å². The summed E-state index contributed by atoms with van der Waals surface area (Å²) < 4.78 is 4.88. The zero-order chi connectivity index (χ0) is 16.3. The van der Waals surface area contributed by atoms with Crippen LogP contribution in [0.4, 0.5) is 5.69 Å². The van der Waals surface area contributed by atoms with E-state index < -0.39 is 35.5 Å². The van der Waals surface area contributed by atoms with Gasteiger partial charge in [-0.15, -0.1) is 0 Å². The standard InChI is InChI=1S/C14H16ClN3O4/c1-2-22-14(21)11-9(10(11)13(20)18-16)12(19)17-8-5-3-7(15)4-6-8/h3-6,9-11H,2,16H2,1H3,(H,17,19)(H,18,20)/t9-,10+,11-/m0/s1. The molecular weight excluding hydrogens is 310 g/mol. The molecule has 0 unspecified atom stereocenters. The van der Waals surface area contributed by atoms with Crippen molar-refractivity contribution in [2.24, 2.45) is 23.6 Å². The summed E-state index contributed by atoms with van der Waals surface area (Å²) in [7, 11) is 0. The average molecular weight is 326 g/mol. The Morgan fingerprint density at radius 2 is 1.73 bits per heavy atom. The van der Waals surface area contributed by atoms with Crippen LogP contribution in [-0.4, -0.2) is 24.4 Å². The van der Waals surface area contributed by atoms with Crippen molar-refractivity contribution in [1.29, 1.82) is 0 Å². The Hall–Kier alpha value is -2.12. The molecule has 0 aromatic heterocycles. The fourth-order valence-electron chi connectivity index (χ4n) is 2.35. The van der Waals surface area contributed by atoms with Crippen LogP contribution in [-0.2, 0) is 19.1 Å². The molecule has 1 aliphatic rings. The topological polar surface area (TPSA) is 111 Å². The molecule has 3 atom stereocenters. The zero-order valence-corrected chi connectivity index (χ0v) is 12.6. The van der Waals surface area contributed by atoms with Gasteiger partial charge in [0.25, 0.3) is 0 Å². The fourth-order valence-corrected chi connectivity index (χ4v) is 2.48. The number of amides is 2. The maximum atomic E-state index is 12.2. The van der Waals surface area contributed by atoms with E-state index in [0.717, 1.165) is 0 Å². The Kier molecular flexibility index (Phi) is 4.99. The van der Waals surface area contributed by atoms with Crippen molar-refractivity contribution in [2.45, 2.75) is 6.92 Å². The number of carbonyl (C=O) groups is 3. The van der Waals surface area contributed by atoms with Gasteiger partial charge in [0.2, 0.25) is 11.8 Å². The van der Waals surface area contributed by atoms with Crippen LogP contribution >= 0.6 is 11.6 Å². The molecule has 0 radical (unpaired) electrons. The Morgan fingerprint density at radius 1 is 1.14 bits per heavy atom. The summed E-state index contributed by atoms with van der Waals surface area (Å²) in [6.45, 7) is 1.83. The number of ether oxygens (including phenoxy) is 1. The molecule has 118 valence electrons. The van der Waals surface area contributed by atoms with E-state index in [1.54, 1.807) is 31.2 Å². The molecule has 2 amide bonds. The van der Waals surface area contributed by atoms with Crippen LogP contribution in [0.1, 0.15) is 6.92 Å². The predicted molar refractivity (Wildman–Crippen MR) is 79.5 cm³/mol. The molecule has 0 aliphatic heterocycles. The lowest BCUT2D eigenvalue weighted by atomic mass is 10.2. The third-order valence-electron chi connectivity index (χ3n) is 3.44. The molecule has 0 heterocycles. The molecule has 1 saturated carbocycles. The summed E-state index contributed by atoms with van der Waals surface area (Å²) in [6, 6.07) is 6.49. The third-order valence-corrected chi connectivity index (χ3v) is 3.69. The number of nitrogens with one attached hydrogen (secondary N) is 2. The smallest absolute Gasteiger partial charge is 0.310 e. The number of halogens is 1. The van der Waals surface area contributed by atoms with Crippen molar-refractivity contribution in [2.75, 3.05) is 11.9 Å². The number of benzene rings is 1. The summed E-state index contributed by atoms with van der Waals surface area (Å²) in [5, 5.41) is 3.18. The van der Waals surface area contributed by atoms with Gasteiger partial charge >= 0.3 is 5.97 Å². The highest BCUT2D eigenvalue weighted by Crippen LogP contribution is 2.48. The number of rotatable bonds is 5. The van der Waals surface area contributed by atoms with E-state index in [-0.39, 0.29) is 6.61 Å². The van der Waals surface area contributed by atoms with Crippen LogP contribution in [0.15, 0.2) is 24.3 Å². The number of anilines is 1. The van der Waals surface area contributed by atoms with Crippen molar-refractivity contribution in [3.63, 3.8) is 0 Å². The van der Waals surface area contributed by atoms with Crippen molar-refractivity contribution < 1.29 is 19.1 Å². The molecule has 4 N–H and O–H groups in total. The quantitative estimate of drug-likeness (QED) is 0.319. The predicted octanol–water partition coefficient (Wildman–Crippen LogP) is 0.694. The zero-order valence-electron chi connectivity index (χ0n) is 11.8. The third kappa shape index (κ3) is 3.37. The highest BCUT2D eigenvalue weighted by molar-refractivity contribution is 6.30. The van der Waals surface area contributed by atoms with Gasteiger partial charge in [-0.2, -0.15) is 0 Å². The van der Waals surface area contributed by atoms with Crippen LogP contribution in [0.3, 0.4) is 0 Å². The molecule has 1 aromatic rings. The lowest BCUT2D eigenvalue weighted by Gasteiger charge is -2.05. The lowest BCUT2D eigenvalue weighted by Crippen LogP contribution is -2.33. The van der Waals surface area contributed by atoms with E-state index >= 15 is 0 Å². The first-order valence-corrected chi connectivity index (χ1v) is 7.11. The molecule has 1 fully saturated rings. The Bertz CT molecular complexity index is 590. The highest BCUT2D eigenvalue weighted by Gasteiger charge is 2.63. The molecule has 2 rings (SSSR count). The molecule has 22 heavy (non-hydrogen) atoms. The minimum atomic E-state index is -0.809. The van der Waals surface area contributed by atoms with Gasteiger partial charge in [-0.1, -0.05) is 11.6 Å². The van der Waals surface area contributed by atoms with E-state index in [9.17, 15) is 14.4 Å². The van der Waals surface area contributed by atoms with Gasteiger partial charge in [0.1, 0.15) is 0 Å². The van der Waals surface area contributed by atoms with Crippen molar-refractivity contribution in [3.8, 4) is 0 Å². The molecule has 1 aromatic carbocycles. The van der Waals surface area contributed by atoms with Crippen LogP contribution in [0.2, 0.25) is 5.02 Å². The highest BCUT2D eigenvalue weighted by atomic mass is 35.5. The Labute approximate surface area is 132 Å². The summed E-state index contributed by atoms with van der Waals surface area (Å²) in [5.41, 5.74) is 2.49. The second-order valence-electron chi connectivity index (χ2n) is 4.83. The number of carbonyl (C=O) groups excluding carboxylic acids is 3. The van der Waals surface area contributed by atoms with Crippen LogP contribution < -0.4 is 16.6 Å². The van der Waals surface area contributed by atoms with E-state index in [1.165, 1.54) is 0 Å². The van der Waals surface area contributed by atoms with E-state index in [1.807, 2.05) is 5.43 Å². The SMILES string of the molecule is CCOC(=O)[C@@H]1[C@H](C(=O)NN)[C@@H]1C(=O)Nc1ccc(Cl)cc1. The number of esters is 1. The first-order valence-electron chi connectivity index (χ1n) is 6.73. The molecule has 0 saturated heterocycles. The molecule has 0 spiro atoms. The van der Waals surface area contributed by atoms with Gasteiger partial charge in [-0.25, -0.2) is 5.84 Å². The molecule has 8 heteroatoms. The van der Waals surface area contributed by atoms with Crippen molar-refractivity contribution in [1.82, 2.24) is 5.43 Å². The number of hydrogen-bond donors (Lipinski definition) is 3. The maximum absolute atomic E-state index is 12.2. The monoisotopic (exact) mass is 325 g/mol. The number of hydrogen-bond acceptors (Lipinski definition) is 5. The summed E-state index contributed by atoms with van der Waals surface area (Å²) in [4.78, 5) is 35.7. The van der Waals surface area contributed by atoms with Crippen molar-refractivity contribution in [3.05, 3.63) is 29.3 Å². The summed E-state index contributed by atoms with van der Waals surface area (Å²) in [6.07, 6.45) is 0. The lowest BCUT2D eigenvalue weighted by molar-refractivity contribution is -0.146. The summed E-state index contributed by atoms with van der Waals surface area (Å²) >= 11 is 5.77. The fraction of sp³-hybridized carbons (Fsp3) is 0.357. The molecule has 1 aliphatic carbocycles. The minimum Gasteiger partial charge on any atom is -0.466 e. The number of nitrogens with two attached hydrogens (primary N) is 1. The molecular formula is C14H16ClN3O4. The second-order valence-corrected chi connectivity index (χ2v) is 5.27. The normalized spacial score (nSPS) is 22.6. The van der Waals surface area contributed by atoms with Gasteiger partial charge < -0.3 is 10.1 Å². The van der Waals surface area contributed by atoms with Crippen LogP contribution in [0, 0.1) is 17.8 Å². The van der Waals surface area contributed by atoms with E-state index in [0.29, 0.717) is 10.7 Å². The van der Waals surface area contributed by atoms with Gasteiger partial charge in [-0.3, -0.25) is 19.8 Å². The maximum Gasteiger partial charge on any atom is 0.310 e.